The van der Waals surface area contributed by atoms with Gasteiger partial charge in [0.1, 0.15) is 0 Å². The normalized spacial score (nSPS) is 34.5. The molecule has 0 aromatic carbocycles. The Kier molecular flexibility index (Phi) is 4.61. The largest absolute Gasteiger partial charge is 0.435 e. The maximum absolute atomic E-state index is 12.9. The number of hydrogen-bond acceptors (Lipinski definition) is 4. The molecule has 0 N–H and O–H groups in total. The second-order valence-corrected chi connectivity index (χ2v) is 10.8. The predicted molar refractivity (Wildman–Crippen MR) is 95.1 cm³/mol. The molecule has 0 unspecified atom stereocenters. The van der Waals surface area contributed by atoms with E-state index in [1.807, 2.05) is 0 Å². The van der Waals surface area contributed by atoms with Crippen molar-refractivity contribution in [1.82, 2.24) is 14.7 Å². The van der Waals surface area contributed by atoms with Crippen LogP contribution in [-0.4, -0.2) is 53.7 Å². The second kappa shape index (κ2) is 6.47. The molecule has 1 saturated carbocycles. The molecule has 1 atom stereocenters. The number of likely N-dealkylation sites (tertiary alicyclic amines) is 1. The summed E-state index contributed by atoms with van der Waals surface area (Å²) in [7, 11) is -1.30. The molecular weight excluding hydrogens is 379 g/mol. The fourth-order valence-electron chi connectivity index (χ4n) is 5.33. The highest BCUT2D eigenvalue weighted by Gasteiger charge is 2.48. The molecule has 0 amide bonds. The van der Waals surface area contributed by atoms with Gasteiger partial charge in [0.05, 0.1) is 11.5 Å². The summed E-state index contributed by atoms with van der Waals surface area (Å²) in [6, 6.07) is 1.61. The Hall–Kier alpha value is -1.09. The quantitative estimate of drug-likeness (QED) is 0.759. The lowest BCUT2D eigenvalue weighted by atomic mass is 9.83. The fraction of sp³-hybridized carbons (Fsp3) is 0.833. The van der Waals surface area contributed by atoms with Gasteiger partial charge < -0.3 is 0 Å². The zero-order valence-electron chi connectivity index (χ0n) is 15.5. The smallest absolute Gasteiger partial charge is 0.300 e. The first-order chi connectivity index (χ1) is 12.6. The molecule has 0 radical (unpaired) electrons. The molecule has 2 saturated heterocycles. The first-order valence-corrected chi connectivity index (χ1v) is 11.4. The van der Waals surface area contributed by atoms with Crippen LogP contribution in [0.4, 0.5) is 13.2 Å². The van der Waals surface area contributed by atoms with Crippen LogP contribution in [0.5, 0.6) is 0 Å². The van der Waals surface area contributed by atoms with Crippen molar-refractivity contribution >= 4 is 9.84 Å². The van der Waals surface area contributed by atoms with E-state index in [1.54, 1.807) is 7.05 Å². The summed E-state index contributed by atoms with van der Waals surface area (Å²) in [5.41, 5.74) is -0.203. The highest BCUT2D eigenvalue weighted by Crippen LogP contribution is 2.44. The van der Waals surface area contributed by atoms with Crippen LogP contribution < -0.4 is 0 Å². The Morgan fingerprint density at radius 3 is 2.44 bits per heavy atom. The molecule has 3 heterocycles. The Balaban J connectivity index is 1.37. The van der Waals surface area contributed by atoms with Crippen LogP contribution in [0.1, 0.15) is 55.8 Å². The standard InChI is InChI=1S/C18H26F3N3O2S/c1-23-15(10-16(22-23)18(19,20)21)13-2-4-14(5-3-13)24-8-6-17(11-24)7-9-27(25,26)12-17/h10,13-14H,2-9,11-12H2,1H3/t13?,14?,17-/m1/s1. The Bertz CT molecular complexity index is 812. The SMILES string of the molecule is Cn1nc(C(F)(F)F)cc1C1CCC(N2CC[C@@]3(CCS(=O)(=O)C3)C2)CC1. The third-order valence-electron chi connectivity index (χ3n) is 6.78. The van der Waals surface area contributed by atoms with Crippen molar-refractivity contribution in [3.63, 3.8) is 0 Å². The van der Waals surface area contributed by atoms with Gasteiger partial charge in [0, 0.05) is 31.2 Å². The van der Waals surface area contributed by atoms with Crippen molar-refractivity contribution in [3.8, 4) is 0 Å². The molecule has 1 aliphatic carbocycles. The van der Waals surface area contributed by atoms with Gasteiger partial charge in [-0.2, -0.15) is 18.3 Å². The number of sulfone groups is 1. The predicted octanol–water partition coefficient (Wildman–Crippen LogP) is 2.98. The topological polar surface area (TPSA) is 55.2 Å². The Morgan fingerprint density at radius 2 is 1.89 bits per heavy atom. The van der Waals surface area contributed by atoms with Crippen molar-refractivity contribution < 1.29 is 21.6 Å². The minimum atomic E-state index is -4.40. The number of aromatic nitrogens is 2. The summed E-state index contributed by atoms with van der Waals surface area (Å²) in [6.45, 7) is 1.79. The van der Waals surface area contributed by atoms with E-state index in [4.69, 9.17) is 0 Å². The number of alkyl halides is 3. The van der Waals surface area contributed by atoms with E-state index in [-0.39, 0.29) is 11.3 Å². The van der Waals surface area contributed by atoms with Gasteiger partial charge in [-0.15, -0.1) is 0 Å². The lowest BCUT2D eigenvalue weighted by molar-refractivity contribution is -0.141. The van der Waals surface area contributed by atoms with Crippen LogP contribution in [0.25, 0.3) is 0 Å². The average molecular weight is 405 g/mol. The molecule has 3 aliphatic rings. The number of hydrogen-bond donors (Lipinski definition) is 0. The summed E-state index contributed by atoms with van der Waals surface area (Å²) < 4.78 is 63.8. The van der Waals surface area contributed by atoms with Crippen LogP contribution in [0, 0.1) is 5.41 Å². The summed E-state index contributed by atoms with van der Waals surface area (Å²) >= 11 is 0. The molecular formula is C18H26F3N3O2S. The third kappa shape index (κ3) is 3.77. The highest BCUT2D eigenvalue weighted by atomic mass is 32.2. The molecule has 1 spiro atoms. The zero-order valence-corrected chi connectivity index (χ0v) is 16.3. The Morgan fingerprint density at radius 1 is 1.19 bits per heavy atom. The van der Waals surface area contributed by atoms with Gasteiger partial charge in [0.15, 0.2) is 15.5 Å². The number of halogens is 3. The maximum atomic E-state index is 12.9. The number of aryl methyl sites for hydroxylation is 1. The van der Waals surface area contributed by atoms with Gasteiger partial charge in [-0.05, 0) is 56.6 Å². The van der Waals surface area contributed by atoms with E-state index in [2.05, 4.69) is 10.00 Å². The minimum absolute atomic E-state index is 0.0562. The molecule has 4 rings (SSSR count). The molecule has 3 fully saturated rings. The van der Waals surface area contributed by atoms with E-state index in [9.17, 15) is 21.6 Å². The maximum Gasteiger partial charge on any atom is 0.435 e. The van der Waals surface area contributed by atoms with E-state index in [0.29, 0.717) is 23.2 Å². The molecule has 2 aliphatic heterocycles. The average Bonchev–Trinajstić information content (AvgIpc) is 3.25. The molecule has 1 aromatic rings. The van der Waals surface area contributed by atoms with E-state index in [0.717, 1.165) is 51.6 Å². The van der Waals surface area contributed by atoms with Gasteiger partial charge in [0.2, 0.25) is 0 Å². The minimum Gasteiger partial charge on any atom is -0.300 e. The summed E-state index contributed by atoms with van der Waals surface area (Å²) in [6.07, 6.45) is 0.907. The number of nitrogens with zero attached hydrogens (tertiary/aromatic N) is 3. The van der Waals surface area contributed by atoms with Crippen molar-refractivity contribution in [2.75, 3.05) is 24.6 Å². The number of rotatable bonds is 2. The molecule has 1 aromatic heterocycles. The van der Waals surface area contributed by atoms with Gasteiger partial charge in [0.25, 0.3) is 0 Å². The molecule has 152 valence electrons. The molecule has 27 heavy (non-hydrogen) atoms. The zero-order chi connectivity index (χ0) is 19.4. The van der Waals surface area contributed by atoms with Crippen molar-refractivity contribution in [2.45, 2.75) is 56.7 Å². The Labute approximate surface area is 157 Å². The van der Waals surface area contributed by atoms with E-state index in [1.165, 1.54) is 10.7 Å². The summed E-state index contributed by atoms with van der Waals surface area (Å²) in [5, 5.41) is 3.64. The van der Waals surface area contributed by atoms with Crippen LogP contribution in [0.3, 0.4) is 0 Å². The van der Waals surface area contributed by atoms with Gasteiger partial charge in [-0.3, -0.25) is 9.58 Å². The molecule has 0 bridgehead atoms. The third-order valence-corrected chi connectivity index (χ3v) is 8.65. The van der Waals surface area contributed by atoms with Crippen LogP contribution in [0.2, 0.25) is 0 Å². The van der Waals surface area contributed by atoms with Crippen LogP contribution in [-0.2, 0) is 23.1 Å². The molecule has 9 heteroatoms. The van der Waals surface area contributed by atoms with Crippen molar-refractivity contribution in [2.24, 2.45) is 12.5 Å². The van der Waals surface area contributed by atoms with Gasteiger partial charge in [-0.25, -0.2) is 8.42 Å². The van der Waals surface area contributed by atoms with Crippen LogP contribution >= 0.6 is 0 Å². The first-order valence-electron chi connectivity index (χ1n) is 9.63. The first kappa shape index (κ1) is 19.2. The lowest BCUT2D eigenvalue weighted by Gasteiger charge is -2.35. The summed E-state index contributed by atoms with van der Waals surface area (Å²) in [5.74, 6) is 0.745. The monoisotopic (exact) mass is 405 g/mol. The van der Waals surface area contributed by atoms with E-state index < -0.39 is 21.7 Å². The lowest BCUT2D eigenvalue weighted by Crippen LogP contribution is -2.38. The van der Waals surface area contributed by atoms with E-state index >= 15 is 0 Å². The second-order valence-electron chi connectivity index (χ2n) is 8.64. The summed E-state index contributed by atoms with van der Waals surface area (Å²) in [4.78, 5) is 2.43. The van der Waals surface area contributed by atoms with Crippen LogP contribution in [0.15, 0.2) is 6.07 Å². The van der Waals surface area contributed by atoms with Crippen molar-refractivity contribution in [1.29, 1.82) is 0 Å². The fourth-order valence-corrected chi connectivity index (χ4v) is 7.53. The van der Waals surface area contributed by atoms with Crippen molar-refractivity contribution in [3.05, 3.63) is 17.5 Å². The molecule has 5 nitrogen and oxygen atoms in total. The van der Waals surface area contributed by atoms with Gasteiger partial charge in [-0.1, -0.05) is 0 Å². The highest BCUT2D eigenvalue weighted by molar-refractivity contribution is 7.91. The van der Waals surface area contributed by atoms with Gasteiger partial charge >= 0.3 is 6.18 Å².